The van der Waals surface area contributed by atoms with Gasteiger partial charge < -0.3 is 5.32 Å². The number of anilines is 1. The third-order valence-corrected chi connectivity index (χ3v) is 5.62. The van der Waals surface area contributed by atoms with Crippen LogP contribution in [-0.2, 0) is 0 Å². The second kappa shape index (κ2) is 8.12. The minimum absolute atomic E-state index is 0.204. The highest BCUT2D eigenvalue weighted by atomic mass is 32.1. The largest absolute Gasteiger partial charge is 0.306 e. The number of thiazole rings is 1. The first-order chi connectivity index (χ1) is 14.4. The molecule has 0 fully saturated rings. The zero-order chi connectivity index (χ0) is 21.3. The number of carbonyl (C=O) groups excluding carboxylic acids is 1. The van der Waals surface area contributed by atoms with Crippen LogP contribution in [-0.4, -0.2) is 15.9 Å². The number of aryl methyl sites for hydroxylation is 2. The number of benzene rings is 2. The topological polar surface area (TPSA) is 54.9 Å². The molecule has 4 rings (SSSR count). The summed E-state index contributed by atoms with van der Waals surface area (Å²) in [5.74, 6) is -2.53. The lowest BCUT2D eigenvalue weighted by atomic mass is 9.99. The monoisotopic (exact) mass is 421 g/mol. The number of aromatic nitrogens is 2. The molecule has 4 nitrogen and oxygen atoms in total. The first-order valence-corrected chi connectivity index (χ1v) is 10.1. The van der Waals surface area contributed by atoms with E-state index in [1.165, 1.54) is 6.07 Å². The number of carbonyl (C=O) groups is 1. The fraction of sp³-hybridized carbons (Fsp3) is 0.0870. The van der Waals surface area contributed by atoms with Crippen LogP contribution in [0.1, 0.15) is 21.6 Å². The lowest BCUT2D eigenvalue weighted by Crippen LogP contribution is -2.16. The number of amides is 1. The van der Waals surface area contributed by atoms with E-state index in [1.54, 1.807) is 29.7 Å². The third-order valence-electron chi connectivity index (χ3n) is 4.61. The van der Waals surface area contributed by atoms with E-state index in [0.29, 0.717) is 0 Å². The Morgan fingerprint density at radius 2 is 1.73 bits per heavy atom. The number of nitrogens with one attached hydrogen (secondary N) is 1. The number of hydrogen-bond donors (Lipinski definition) is 1. The molecule has 1 amide bonds. The SMILES string of the molecule is Cc1csc(-c2ccc(C)c(-c3ccc(NC(=O)c4c(F)cccc4F)nc3)c2)n1. The molecule has 150 valence electrons. The van der Waals surface area contributed by atoms with Crippen molar-refractivity contribution >= 4 is 23.1 Å². The molecule has 2 aromatic heterocycles. The predicted molar refractivity (Wildman–Crippen MR) is 115 cm³/mol. The zero-order valence-electron chi connectivity index (χ0n) is 16.2. The van der Waals surface area contributed by atoms with Gasteiger partial charge in [-0.2, -0.15) is 0 Å². The summed E-state index contributed by atoms with van der Waals surface area (Å²) in [6.45, 7) is 3.96. The standard InChI is InChI=1S/C23H17F2N3OS/c1-13-6-7-15(23-27-14(2)12-30-23)10-17(13)16-8-9-20(26-11-16)28-22(29)21-18(24)4-3-5-19(21)25/h3-12H,1-2H3,(H,26,28,29). The van der Waals surface area contributed by atoms with Gasteiger partial charge in [-0.05, 0) is 55.3 Å². The van der Waals surface area contributed by atoms with Crippen molar-refractivity contribution in [3.8, 4) is 21.7 Å². The minimum Gasteiger partial charge on any atom is -0.306 e. The van der Waals surface area contributed by atoms with Crippen LogP contribution >= 0.6 is 11.3 Å². The van der Waals surface area contributed by atoms with E-state index in [-0.39, 0.29) is 5.82 Å². The first-order valence-electron chi connectivity index (χ1n) is 9.17. The van der Waals surface area contributed by atoms with Gasteiger partial charge in [-0.15, -0.1) is 11.3 Å². The molecule has 0 saturated heterocycles. The lowest BCUT2D eigenvalue weighted by molar-refractivity contribution is 0.101. The molecule has 1 N–H and O–H groups in total. The van der Waals surface area contributed by atoms with Crippen molar-refractivity contribution in [3.05, 3.63) is 88.6 Å². The highest BCUT2D eigenvalue weighted by molar-refractivity contribution is 7.13. The smallest absolute Gasteiger partial charge is 0.262 e. The van der Waals surface area contributed by atoms with Crippen LogP contribution in [0.4, 0.5) is 14.6 Å². The summed E-state index contributed by atoms with van der Waals surface area (Å²) in [4.78, 5) is 21.0. The average molecular weight is 421 g/mol. The van der Waals surface area contributed by atoms with Crippen LogP contribution in [0.3, 0.4) is 0 Å². The van der Waals surface area contributed by atoms with Crippen molar-refractivity contribution in [1.82, 2.24) is 9.97 Å². The molecular weight excluding hydrogens is 404 g/mol. The van der Waals surface area contributed by atoms with E-state index >= 15 is 0 Å². The number of pyridine rings is 1. The maximum atomic E-state index is 13.8. The van der Waals surface area contributed by atoms with Gasteiger partial charge in [0.05, 0.1) is 0 Å². The molecule has 0 unspecified atom stereocenters. The molecule has 7 heteroatoms. The molecule has 0 bridgehead atoms. The highest BCUT2D eigenvalue weighted by Gasteiger charge is 2.17. The van der Waals surface area contributed by atoms with Gasteiger partial charge in [-0.25, -0.2) is 18.7 Å². The Balaban J connectivity index is 1.59. The molecule has 4 aromatic rings. The van der Waals surface area contributed by atoms with Gasteiger partial charge in [-0.1, -0.05) is 18.2 Å². The molecule has 0 aliphatic carbocycles. The van der Waals surface area contributed by atoms with E-state index < -0.39 is 23.1 Å². The second-order valence-corrected chi connectivity index (χ2v) is 7.66. The molecule has 2 aromatic carbocycles. The molecule has 30 heavy (non-hydrogen) atoms. The molecule has 0 aliphatic rings. The predicted octanol–water partition coefficient (Wildman–Crippen LogP) is 6.02. The summed E-state index contributed by atoms with van der Waals surface area (Å²) in [7, 11) is 0. The summed E-state index contributed by atoms with van der Waals surface area (Å²) >= 11 is 1.59. The Hall–Kier alpha value is -3.45. The van der Waals surface area contributed by atoms with Gasteiger partial charge in [0.1, 0.15) is 28.0 Å². The van der Waals surface area contributed by atoms with Crippen LogP contribution in [0.15, 0.2) is 60.1 Å². The maximum Gasteiger partial charge on any atom is 0.262 e. The van der Waals surface area contributed by atoms with Gasteiger partial charge in [0.25, 0.3) is 5.91 Å². The van der Waals surface area contributed by atoms with Gasteiger partial charge >= 0.3 is 0 Å². The third kappa shape index (κ3) is 3.97. The van der Waals surface area contributed by atoms with Gasteiger partial charge in [-0.3, -0.25) is 4.79 Å². The number of rotatable bonds is 4. The van der Waals surface area contributed by atoms with E-state index in [4.69, 9.17) is 0 Å². The Labute approximate surface area is 176 Å². The summed E-state index contributed by atoms with van der Waals surface area (Å²) in [6, 6.07) is 12.8. The van der Waals surface area contributed by atoms with Crippen molar-refractivity contribution in [2.24, 2.45) is 0 Å². The molecule has 0 atom stereocenters. The summed E-state index contributed by atoms with van der Waals surface area (Å²) in [6.07, 6.45) is 1.62. The Bertz CT molecular complexity index is 1220. The fourth-order valence-electron chi connectivity index (χ4n) is 3.07. The van der Waals surface area contributed by atoms with Crippen molar-refractivity contribution in [2.75, 3.05) is 5.32 Å². The normalized spacial score (nSPS) is 10.8. The Morgan fingerprint density at radius 3 is 2.37 bits per heavy atom. The molecular formula is C23H17F2N3OS. The number of halogens is 2. The first kappa shape index (κ1) is 19.8. The van der Waals surface area contributed by atoms with E-state index in [9.17, 15) is 13.6 Å². The van der Waals surface area contributed by atoms with Crippen LogP contribution in [0.2, 0.25) is 0 Å². The van der Waals surface area contributed by atoms with Crippen LogP contribution < -0.4 is 5.32 Å². The van der Waals surface area contributed by atoms with Crippen LogP contribution in [0.25, 0.3) is 21.7 Å². The van der Waals surface area contributed by atoms with Crippen molar-refractivity contribution in [1.29, 1.82) is 0 Å². The zero-order valence-corrected chi connectivity index (χ0v) is 17.1. The number of nitrogens with zero attached hydrogens (tertiary/aromatic N) is 2. The summed E-state index contributed by atoms with van der Waals surface area (Å²) in [5, 5.41) is 5.38. The van der Waals surface area contributed by atoms with Crippen molar-refractivity contribution < 1.29 is 13.6 Å². The van der Waals surface area contributed by atoms with Gasteiger partial charge in [0.2, 0.25) is 0 Å². The quantitative estimate of drug-likeness (QED) is 0.438. The minimum atomic E-state index is -0.922. The summed E-state index contributed by atoms with van der Waals surface area (Å²) in [5.41, 5.74) is 4.28. The number of hydrogen-bond acceptors (Lipinski definition) is 4. The molecule has 0 aliphatic heterocycles. The van der Waals surface area contributed by atoms with Gasteiger partial charge in [0.15, 0.2) is 0 Å². The molecule has 2 heterocycles. The van der Waals surface area contributed by atoms with Crippen molar-refractivity contribution in [2.45, 2.75) is 13.8 Å². The van der Waals surface area contributed by atoms with Crippen LogP contribution in [0.5, 0.6) is 0 Å². The van der Waals surface area contributed by atoms with Gasteiger partial charge in [0, 0.05) is 28.4 Å². The van der Waals surface area contributed by atoms with Crippen LogP contribution in [0, 0.1) is 25.5 Å². The second-order valence-electron chi connectivity index (χ2n) is 6.81. The highest BCUT2D eigenvalue weighted by Crippen LogP contribution is 2.31. The lowest BCUT2D eigenvalue weighted by Gasteiger charge is -2.10. The molecule has 0 spiro atoms. The van der Waals surface area contributed by atoms with Crippen molar-refractivity contribution in [3.63, 3.8) is 0 Å². The molecule has 0 radical (unpaired) electrons. The maximum absolute atomic E-state index is 13.8. The summed E-state index contributed by atoms with van der Waals surface area (Å²) < 4.78 is 27.6. The molecule has 0 saturated carbocycles. The van der Waals surface area contributed by atoms with E-state index in [1.807, 2.05) is 31.4 Å². The van der Waals surface area contributed by atoms with E-state index in [2.05, 4.69) is 21.4 Å². The fourth-order valence-corrected chi connectivity index (χ4v) is 3.87. The average Bonchev–Trinajstić information content (AvgIpc) is 3.15. The Morgan fingerprint density at radius 1 is 1.00 bits per heavy atom. The van der Waals surface area contributed by atoms with E-state index in [0.717, 1.165) is 45.1 Å². The Kier molecular flexibility index (Phi) is 5.37.